The monoisotopic (exact) mass is 732 g/mol. The van der Waals surface area contributed by atoms with E-state index >= 15 is 0 Å². The molecule has 16 unspecified atom stereocenters. The first kappa shape index (κ1) is 39.6. The number of carbonyl (C=O) groups excluding carboxylic acids is 3. The highest BCUT2D eigenvalue weighted by molar-refractivity contribution is 5.76. The van der Waals surface area contributed by atoms with Crippen LogP contribution in [0.15, 0.2) is 11.6 Å². The predicted octanol–water partition coefficient (Wildman–Crippen LogP) is 5.26. The minimum Gasteiger partial charge on any atom is -0.469 e. The molecule has 0 aromatic heterocycles. The summed E-state index contributed by atoms with van der Waals surface area (Å²) in [7, 11) is 1.49. The van der Waals surface area contributed by atoms with Crippen molar-refractivity contribution in [1.29, 1.82) is 0 Å². The molecular weight excluding hydrogens is 668 g/mol. The largest absolute Gasteiger partial charge is 0.469 e. The van der Waals surface area contributed by atoms with Gasteiger partial charge >= 0.3 is 17.9 Å². The number of carbonyl (C=O) groups is 3. The van der Waals surface area contributed by atoms with Gasteiger partial charge in [0.2, 0.25) is 0 Å². The molecule has 11 heteroatoms. The molecule has 4 saturated carbocycles. The zero-order valence-electron chi connectivity index (χ0n) is 33.0. The second-order valence-electron chi connectivity index (χ2n) is 19.0. The predicted molar refractivity (Wildman–Crippen MR) is 190 cm³/mol. The van der Waals surface area contributed by atoms with Crippen LogP contribution in [0.4, 0.5) is 0 Å². The lowest BCUT2D eigenvalue weighted by molar-refractivity contribution is -0.315. The van der Waals surface area contributed by atoms with E-state index in [1.165, 1.54) is 26.5 Å². The van der Waals surface area contributed by atoms with Crippen molar-refractivity contribution in [2.75, 3.05) is 13.7 Å². The van der Waals surface area contributed by atoms with Crippen molar-refractivity contribution < 1.29 is 53.4 Å². The lowest BCUT2D eigenvalue weighted by Crippen LogP contribution is -2.69. The van der Waals surface area contributed by atoms with E-state index in [1.54, 1.807) is 6.92 Å². The molecule has 11 nitrogen and oxygen atoms in total. The van der Waals surface area contributed by atoms with Gasteiger partial charge in [-0.3, -0.25) is 14.4 Å². The molecule has 0 aromatic carbocycles. The average molecular weight is 733 g/mol. The summed E-state index contributed by atoms with van der Waals surface area (Å²) in [5.41, 5.74) is -0.533. The summed E-state index contributed by atoms with van der Waals surface area (Å²) in [4.78, 5) is 37.3. The van der Waals surface area contributed by atoms with E-state index in [2.05, 4.69) is 47.6 Å². The van der Waals surface area contributed by atoms with Gasteiger partial charge in [-0.25, -0.2) is 0 Å². The van der Waals surface area contributed by atoms with Crippen molar-refractivity contribution in [3.8, 4) is 0 Å². The summed E-state index contributed by atoms with van der Waals surface area (Å²) in [5.74, 6) is -0.883. The summed E-state index contributed by atoms with van der Waals surface area (Å²) in [6.07, 6.45) is 2.63. The van der Waals surface area contributed by atoms with Crippen molar-refractivity contribution in [3.05, 3.63) is 11.6 Å². The lowest BCUT2D eigenvalue weighted by atomic mass is 9.33. The summed E-state index contributed by atoms with van der Waals surface area (Å²) < 4.78 is 28.9. The maximum Gasteiger partial charge on any atom is 0.311 e. The minimum atomic E-state index is -1.48. The number of aliphatic hydroxyl groups is 3. The number of fused-ring (bicyclic) bond motifs is 7. The molecule has 0 radical (unpaired) electrons. The smallest absolute Gasteiger partial charge is 0.311 e. The molecule has 1 saturated heterocycles. The molecule has 0 spiro atoms. The molecule has 294 valence electrons. The fraction of sp³-hybridized carbons (Fsp3) is 0.878. The third-order valence-electron chi connectivity index (χ3n) is 16.3. The molecule has 52 heavy (non-hydrogen) atoms. The summed E-state index contributed by atoms with van der Waals surface area (Å²) in [6, 6.07) is 0. The standard InChI is InChI=1S/C41H64O11/c1-22-33(52-24(3)43)31(45)32(46)34(50-22)49-21-38(6)27-13-14-40(8)28(41(27,9)29(44)19-30(38)51-23(2)42)12-11-25-26-20-37(5,35(47)48-10)16-15-36(26,4)17-18-39(25,40)7/h11,22,26-34,44-46H,12-21H2,1-10H3. The second kappa shape index (κ2) is 13.3. The Labute approximate surface area is 309 Å². The zero-order chi connectivity index (χ0) is 38.4. The summed E-state index contributed by atoms with van der Waals surface area (Å²) in [5, 5.41) is 34.2. The van der Waals surface area contributed by atoms with Gasteiger partial charge in [0, 0.05) is 31.1 Å². The van der Waals surface area contributed by atoms with Crippen LogP contribution >= 0.6 is 0 Å². The number of rotatable bonds is 6. The second-order valence-corrected chi connectivity index (χ2v) is 19.0. The van der Waals surface area contributed by atoms with Gasteiger partial charge in [0.25, 0.3) is 0 Å². The van der Waals surface area contributed by atoms with Crippen molar-refractivity contribution in [3.63, 3.8) is 0 Å². The molecule has 1 heterocycles. The van der Waals surface area contributed by atoms with E-state index in [1.807, 2.05) is 0 Å². The fourth-order valence-electron chi connectivity index (χ4n) is 12.9. The van der Waals surface area contributed by atoms with Crippen molar-refractivity contribution in [1.82, 2.24) is 0 Å². The topological polar surface area (TPSA) is 158 Å². The molecule has 0 amide bonds. The zero-order valence-corrected chi connectivity index (χ0v) is 33.0. The number of ether oxygens (including phenoxy) is 5. The third-order valence-corrected chi connectivity index (χ3v) is 16.3. The van der Waals surface area contributed by atoms with Gasteiger partial charge in [-0.05, 0) is 99.2 Å². The lowest BCUT2D eigenvalue weighted by Gasteiger charge is -2.72. The number of hydrogen-bond donors (Lipinski definition) is 3. The van der Waals surface area contributed by atoms with Gasteiger partial charge in [-0.2, -0.15) is 0 Å². The Bertz CT molecular complexity index is 1460. The normalized spacial score (nSPS) is 51.4. The van der Waals surface area contributed by atoms with Gasteiger partial charge < -0.3 is 39.0 Å². The number of methoxy groups -OCH3 is 1. The molecule has 6 aliphatic rings. The van der Waals surface area contributed by atoms with E-state index in [9.17, 15) is 29.7 Å². The molecule has 0 bridgehead atoms. The molecule has 1 aliphatic heterocycles. The van der Waals surface area contributed by atoms with Gasteiger partial charge in [0.1, 0.15) is 18.3 Å². The molecule has 5 fully saturated rings. The van der Waals surface area contributed by atoms with Crippen LogP contribution in [0.3, 0.4) is 0 Å². The molecular formula is C41H64O11. The number of aliphatic hydroxyl groups excluding tert-OH is 3. The molecule has 0 aromatic rings. The Morgan fingerprint density at radius 2 is 1.54 bits per heavy atom. The van der Waals surface area contributed by atoms with Gasteiger partial charge in [-0.15, -0.1) is 0 Å². The van der Waals surface area contributed by atoms with E-state index in [0.29, 0.717) is 0 Å². The van der Waals surface area contributed by atoms with E-state index in [0.717, 1.165) is 51.4 Å². The number of esters is 3. The third kappa shape index (κ3) is 5.80. The van der Waals surface area contributed by atoms with Crippen LogP contribution in [0.2, 0.25) is 0 Å². The first-order chi connectivity index (χ1) is 24.1. The Morgan fingerprint density at radius 3 is 2.17 bits per heavy atom. The van der Waals surface area contributed by atoms with Crippen LogP contribution in [-0.4, -0.2) is 89.9 Å². The van der Waals surface area contributed by atoms with Gasteiger partial charge in [0.15, 0.2) is 12.4 Å². The highest BCUT2D eigenvalue weighted by Crippen LogP contribution is 2.76. The molecule has 5 aliphatic carbocycles. The van der Waals surface area contributed by atoms with Crippen LogP contribution in [0.1, 0.15) is 120 Å². The Morgan fingerprint density at radius 1 is 0.885 bits per heavy atom. The number of allylic oxidation sites excluding steroid dienone is 2. The minimum absolute atomic E-state index is 0.0473. The maximum atomic E-state index is 13.1. The molecule has 3 N–H and O–H groups in total. The van der Waals surface area contributed by atoms with Crippen LogP contribution in [0.25, 0.3) is 0 Å². The van der Waals surface area contributed by atoms with Crippen molar-refractivity contribution in [2.45, 2.75) is 163 Å². The summed E-state index contributed by atoms with van der Waals surface area (Å²) >= 11 is 0. The molecule has 6 rings (SSSR count). The SMILES string of the molecule is COC(=O)C1(C)CCC2(C)CCC3(C)C(=CCC4C5(C)C(O)CC(OC(C)=O)C(C)(COC6OC(C)C(OC(C)=O)C(O)C6O)C5CCC43C)C2C1. The van der Waals surface area contributed by atoms with Crippen LogP contribution in [0, 0.1) is 50.2 Å². The first-order valence-electron chi connectivity index (χ1n) is 19.6. The van der Waals surface area contributed by atoms with Crippen molar-refractivity contribution >= 4 is 17.9 Å². The van der Waals surface area contributed by atoms with E-state index in [4.69, 9.17) is 23.7 Å². The molecule has 16 atom stereocenters. The summed E-state index contributed by atoms with van der Waals surface area (Å²) in [6.45, 7) is 18.0. The first-order valence-corrected chi connectivity index (χ1v) is 19.6. The van der Waals surface area contributed by atoms with E-state index < -0.39 is 71.1 Å². The highest BCUT2D eigenvalue weighted by Gasteiger charge is 2.71. The average Bonchev–Trinajstić information content (AvgIpc) is 3.07. The highest BCUT2D eigenvalue weighted by atomic mass is 16.7. The fourth-order valence-corrected chi connectivity index (χ4v) is 12.9. The van der Waals surface area contributed by atoms with E-state index in [-0.39, 0.29) is 53.0 Å². The number of hydrogen-bond acceptors (Lipinski definition) is 11. The van der Waals surface area contributed by atoms with Crippen LogP contribution < -0.4 is 0 Å². The quantitative estimate of drug-likeness (QED) is 0.186. The van der Waals surface area contributed by atoms with Crippen LogP contribution in [-0.2, 0) is 38.1 Å². The Balaban J connectivity index is 1.33. The van der Waals surface area contributed by atoms with Gasteiger partial charge in [-0.1, -0.05) is 46.3 Å². The Kier molecular flexibility index (Phi) is 10.1. The Hall–Kier alpha value is -2.05. The maximum absolute atomic E-state index is 13.1. The van der Waals surface area contributed by atoms with Crippen LogP contribution in [0.5, 0.6) is 0 Å². The van der Waals surface area contributed by atoms with Crippen molar-refractivity contribution in [2.24, 2.45) is 50.2 Å². The van der Waals surface area contributed by atoms with Gasteiger partial charge in [0.05, 0.1) is 31.3 Å².